The minimum atomic E-state index is -1.59. The van der Waals surface area contributed by atoms with Gasteiger partial charge >= 0.3 is 5.97 Å². The van der Waals surface area contributed by atoms with E-state index in [1.807, 2.05) is 37.3 Å². The third-order valence-corrected chi connectivity index (χ3v) is 5.88. The smallest absolute Gasteiger partial charge is 0.354 e. The first kappa shape index (κ1) is 20.6. The van der Waals surface area contributed by atoms with Gasteiger partial charge in [0.15, 0.2) is 6.61 Å². The maximum absolute atomic E-state index is 13.2. The Hall–Kier alpha value is -3.68. The molecule has 0 spiro atoms. The van der Waals surface area contributed by atoms with E-state index in [1.54, 1.807) is 24.3 Å². The number of carbonyl (C=O) groups is 4. The molecule has 2 heterocycles. The Morgan fingerprint density at radius 1 is 1.10 bits per heavy atom. The molecule has 0 bridgehead atoms. The molecule has 8 heteroatoms. The number of hydrogen-bond acceptors (Lipinski definition) is 5. The number of likely N-dealkylation sites (N-methyl/N-ethyl adjacent to an activating group) is 1. The third-order valence-electron chi connectivity index (χ3n) is 5.88. The van der Waals surface area contributed by atoms with Gasteiger partial charge in [-0.15, -0.1) is 0 Å². The Morgan fingerprint density at radius 2 is 1.77 bits per heavy atom. The molecule has 160 valence electrons. The van der Waals surface area contributed by atoms with Gasteiger partial charge in [0.25, 0.3) is 11.8 Å². The van der Waals surface area contributed by atoms with E-state index in [-0.39, 0.29) is 30.7 Å². The fraction of sp³-hybridized carbons (Fsp3) is 0.304. The van der Waals surface area contributed by atoms with E-state index >= 15 is 0 Å². The van der Waals surface area contributed by atoms with Crippen molar-refractivity contribution in [2.75, 3.05) is 18.6 Å². The maximum Gasteiger partial charge on any atom is 0.354 e. The van der Waals surface area contributed by atoms with Gasteiger partial charge in [0, 0.05) is 19.9 Å². The number of amides is 3. The maximum atomic E-state index is 13.2. The molecule has 0 radical (unpaired) electrons. The molecule has 1 N–H and O–H groups in total. The molecule has 2 atom stereocenters. The van der Waals surface area contributed by atoms with Crippen LogP contribution in [0.4, 0.5) is 5.69 Å². The van der Waals surface area contributed by atoms with Gasteiger partial charge in [-0.1, -0.05) is 42.5 Å². The van der Waals surface area contributed by atoms with Crippen LogP contribution in [-0.4, -0.2) is 47.9 Å². The second-order valence-electron chi connectivity index (χ2n) is 7.70. The molecule has 4 rings (SSSR count). The van der Waals surface area contributed by atoms with E-state index in [0.717, 1.165) is 5.56 Å². The highest BCUT2D eigenvalue weighted by atomic mass is 16.5. The Kier molecular flexibility index (Phi) is 5.22. The number of rotatable bonds is 5. The van der Waals surface area contributed by atoms with Crippen LogP contribution in [0.15, 0.2) is 54.6 Å². The quantitative estimate of drug-likeness (QED) is 0.745. The van der Waals surface area contributed by atoms with Crippen molar-refractivity contribution < 1.29 is 23.9 Å². The summed E-state index contributed by atoms with van der Waals surface area (Å²) in [6.07, 6.45) is 0.196. The van der Waals surface area contributed by atoms with Crippen molar-refractivity contribution in [1.82, 2.24) is 10.2 Å². The van der Waals surface area contributed by atoms with E-state index in [9.17, 15) is 19.2 Å². The summed E-state index contributed by atoms with van der Waals surface area (Å²) in [5.41, 5.74) is 0.0567. The molecular formula is C23H23N3O5. The van der Waals surface area contributed by atoms with Crippen LogP contribution in [0.1, 0.15) is 41.7 Å². The Labute approximate surface area is 179 Å². The number of fused-ring (bicyclic) bond motifs is 3. The third kappa shape index (κ3) is 3.34. The van der Waals surface area contributed by atoms with Gasteiger partial charge in [-0.05, 0) is 24.6 Å². The molecule has 2 aliphatic rings. The molecule has 1 fully saturated rings. The number of esters is 1. The SMILES string of the molecule is C[C@H](NC(=O)COC(=O)[C@]12CCC(=O)N1c1ccccc1C(=O)N2C)c1ccccc1. The van der Waals surface area contributed by atoms with Gasteiger partial charge in [-0.2, -0.15) is 0 Å². The van der Waals surface area contributed by atoms with E-state index in [4.69, 9.17) is 4.74 Å². The topological polar surface area (TPSA) is 96.0 Å². The second kappa shape index (κ2) is 7.86. The Morgan fingerprint density at radius 3 is 2.52 bits per heavy atom. The number of benzene rings is 2. The molecule has 3 amide bonds. The lowest BCUT2D eigenvalue weighted by atomic mass is 9.97. The normalized spacial score (nSPS) is 20.7. The van der Waals surface area contributed by atoms with Gasteiger partial charge in [0.05, 0.1) is 17.3 Å². The summed E-state index contributed by atoms with van der Waals surface area (Å²) < 4.78 is 5.33. The molecular weight excluding hydrogens is 398 g/mol. The highest BCUT2D eigenvalue weighted by molar-refractivity contribution is 6.15. The first-order chi connectivity index (χ1) is 14.9. The van der Waals surface area contributed by atoms with Crippen LogP contribution >= 0.6 is 0 Å². The van der Waals surface area contributed by atoms with Crippen LogP contribution < -0.4 is 10.2 Å². The lowest BCUT2D eigenvalue weighted by Gasteiger charge is -2.46. The van der Waals surface area contributed by atoms with Crippen LogP contribution in [0.2, 0.25) is 0 Å². The van der Waals surface area contributed by atoms with Crippen LogP contribution in [0.25, 0.3) is 0 Å². The monoisotopic (exact) mass is 421 g/mol. The summed E-state index contributed by atoms with van der Waals surface area (Å²) in [5, 5.41) is 2.78. The fourth-order valence-electron chi connectivity index (χ4n) is 4.25. The predicted molar refractivity (Wildman–Crippen MR) is 112 cm³/mol. The lowest BCUT2D eigenvalue weighted by molar-refractivity contribution is -0.159. The van der Waals surface area contributed by atoms with Gasteiger partial charge in [-0.3, -0.25) is 19.3 Å². The highest BCUT2D eigenvalue weighted by Gasteiger charge is 2.60. The molecule has 2 aromatic rings. The average Bonchev–Trinajstić information content (AvgIpc) is 3.15. The Balaban J connectivity index is 1.51. The predicted octanol–water partition coefficient (Wildman–Crippen LogP) is 2.02. The summed E-state index contributed by atoms with van der Waals surface area (Å²) in [4.78, 5) is 53.7. The standard InChI is InChI=1S/C23H23N3O5/c1-15(16-8-4-3-5-9-16)24-19(27)14-31-22(30)23-13-12-20(28)26(23)18-11-7-6-10-17(18)21(29)25(23)2/h3-11,15H,12-14H2,1-2H3,(H,24,27)/t15-,23-/m0/s1. The molecule has 0 aliphatic carbocycles. The van der Waals surface area contributed by atoms with Crippen LogP contribution in [0.5, 0.6) is 0 Å². The summed E-state index contributed by atoms with van der Waals surface area (Å²) in [6.45, 7) is 1.32. The van der Waals surface area contributed by atoms with E-state index in [2.05, 4.69) is 5.32 Å². The number of hydrogen-bond donors (Lipinski definition) is 1. The van der Waals surface area contributed by atoms with Crippen molar-refractivity contribution in [2.45, 2.75) is 31.5 Å². The van der Waals surface area contributed by atoms with Crippen LogP contribution in [-0.2, 0) is 19.1 Å². The number of nitrogens with zero attached hydrogens (tertiary/aromatic N) is 2. The largest absolute Gasteiger partial charge is 0.452 e. The van der Waals surface area contributed by atoms with Crippen LogP contribution in [0.3, 0.4) is 0 Å². The number of nitrogens with one attached hydrogen (secondary N) is 1. The molecule has 31 heavy (non-hydrogen) atoms. The average molecular weight is 421 g/mol. The zero-order valence-electron chi connectivity index (χ0n) is 17.3. The lowest BCUT2D eigenvalue weighted by Crippen LogP contribution is -2.67. The van der Waals surface area contributed by atoms with Crippen molar-refractivity contribution in [2.24, 2.45) is 0 Å². The first-order valence-corrected chi connectivity index (χ1v) is 10.1. The van der Waals surface area contributed by atoms with Crippen molar-refractivity contribution in [3.05, 3.63) is 65.7 Å². The van der Waals surface area contributed by atoms with Gasteiger partial charge in [-0.25, -0.2) is 4.79 Å². The number of carbonyl (C=O) groups excluding carboxylic acids is 4. The van der Waals surface area contributed by atoms with Crippen molar-refractivity contribution in [3.8, 4) is 0 Å². The first-order valence-electron chi connectivity index (χ1n) is 10.1. The number of para-hydroxylation sites is 1. The second-order valence-corrected chi connectivity index (χ2v) is 7.70. The summed E-state index contributed by atoms with van der Waals surface area (Å²) in [7, 11) is 1.47. The zero-order chi connectivity index (χ0) is 22.2. The molecule has 0 saturated carbocycles. The van der Waals surface area contributed by atoms with Crippen molar-refractivity contribution >= 4 is 29.4 Å². The molecule has 2 aromatic carbocycles. The summed E-state index contributed by atoms with van der Waals surface area (Å²) in [5.74, 6) is -1.92. The summed E-state index contributed by atoms with van der Waals surface area (Å²) in [6, 6.07) is 15.8. The summed E-state index contributed by atoms with van der Waals surface area (Å²) >= 11 is 0. The van der Waals surface area contributed by atoms with Gasteiger partial charge in [0.1, 0.15) is 0 Å². The highest BCUT2D eigenvalue weighted by Crippen LogP contribution is 2.44. The molecule has 0 unspecified atom stereocenters. The van der Waals surface area contributed by atoms with E-state index in [1.165, 1.54) is 16.8 Å². The van der Waals surface area contributed by atoms with Gasteiger partial charge < -0.3 is 15.0 Å². The van der Waals surface area contributed by atoms with Gasteiger partial charge in [0.2, 0.25) is 11.6 Å². The van der Waals surface area contributed by atoms with Crippen molar-refractivity contribution in [3.63, 3.8) is 0 Å². The number of ether oxygens (including phenoxy) is 1. The van der Waals surface area contributed by atoms with E-state index < -0.39 is 24.1 Å². The molecule has 0 aromatic heterocycles. The molecule has 8 nitrogen and oxygen atoms in total. The van der Waals surface area contributed by atoms with Crippen molar-refractivity contribution in [1.29, 1.82) is 0 Å². The van der Waals surface area contributed by atoms with Crippen LogP contribution in [0, 0.1) is 0 Å². The zero-order valence-corrected chi connectivity index (χ0v) is 17.3. The Bertz CT molecular complexity index is 1050. The minimum Gasteiger partial charge on any atom is -0.452 e. The molecule has 1 saturated heterocycles. The van der Waals surface area contributed by atoms with E-state index in [0.29, 0.717) is 11.3 Å². The minimum absolute atomic E-state index is 0.0955. The number of anilines is 1. The molecule has 2 aliphatic heterocycles. The fourth-order valence-corrected chi connectivity index (χ4v) is 4.25.